The number of ether oxygens (including phenoxy) is 1. The van der Waals surface area contributed by atoms with E-state index < -0.39 is 0 Å². The lowest BCUT2D eigenvalue weighted by molar-refractivity contribution is 0.182. The molecule has 0 saturated heterocycles. The number of hydrogen-bond acceptors (Lipinski definition) is 3. The third kappa shape index (κ3) is 4.47. The summed E-state index contributed by atoms with van der Waals surface area (Å²) in [6, 6.07) is 7.21. The third-order valence-corrected chi connectivity index (χ3v) is 4.05. The maximum absolute atomic E-state index is 5.31. The lowest BCUT2D eigenvalue weighted by Gasteiger charge is -2.33. The molecule has 0 aliphatic heterocycles. The molecule has 2 unspecified atom stereocenters. The molecule has 0 bridgehead atoms. The van der Waals surface area contributed by atoms with Crippen molar-refractivity contribution in [3.63, 3.8) is 0 Å². The number of benzene rings is 1. The van der Waals surface area contributed by atoms with Gasteiger partial charge in [0.2, 0.25) is 0 Å². The average Bonchev–Trinajstić information content (AvgIpc) is 2.41. The molecule has 0 amide bonds. The van der Waals surface area contributed by atoms with E-state index in [2.05, 4.69) is 72.0 Å². The van der Waals surface area contributed by atoms with Crippen molar-refractivity contribution >= 4 is 21.6 Å². The normalized spacial score (nSPS) is 14.1. The zero-order valence-corrected chi connectivity index (χ0v) is 14.8. The van der Waals surface area contributed by atoms with Crippen LogP contribution < -0.4 is 10.2 Å². The summed E-state index contributed by atoms with van der Waals surface area (Å²) in [5, 5.41) is 3.50. The highest BCUT2D eigenvalue weighted by atomic mass is 79.9. The van der Waals surface area contributed by atoms with E-state index in [-0.39, 0.29) is 0 Å². The van der Waals surface area contributed by atoms with Gasteiger partial charge in [0, 0.05) is 35.9 Å². The molecule has 20 heavy (non-hydrogen) atoms. The lowest BCUT2D eigenvalue weighted by Crippen LogP contribution is -2.37. The van der Waals surface area contributed by atoms with Gasteiger partial charge >= 0.3 is 0 Å². The predicted octanol–water partition coefficient (Wildman–Crippen LogP) is 3.98. The second-order valence-corrected chi connectivity index (χ2v) is 5.99. The van der Waals surface area contributed by atoms with Crippen LogP contribution >= 0.6 is 15.9 Å². The quantitative estimate of drug-likeness (QED) is 0.773. The summed E-state index contributed by atoms with van der Waals surface area (Å²) in [6.07, 6.45) is 0. The standard InChI is InChI=1S/C16H27BrN2O/c1-6-18-13(4)15-10-14(17)8-9-16(15)19(7-2)12(3)11-20-5/h8-10,12-13,18H,6-7,11H2,1-5H3. The molecule has 3 nitrogen and oxygen atoms in total. The fourth-order valence-corrected chi connectivity index (χ4v) is 2.98. The van der Waals surface area contributed by atoms with E-state index >= 15 is 0 Å². The van der Waals surface area contributed by atoms with Crippen molar-refractivity contribution in [1.82, 2.24) is 5.32 Å². The molecule has 0 aromatic heterocycles. The lowest BCUT2D eigenvalue weighted by atomic mass is 10.0. The van der Waals surface area contributed by atoms with Crippen molar-refractivity contribution in [3.05, 3.63) is 28.2 Å². The van der Waals surface area contributed by atoms with E-state index in [4.69, 9.17) is 4.74 Å². The Balaban J connectivity index is 3.13. The van der Waals surface area contributed by atoms with Gasteiger partial charge in [-0.05, 0) is 51.1 Å². The average molecular weight is 343 g/mol. The fourth-order valence-electron chi connectivity index (χ4n) is 2.60. The number of halogens is 1. The van der Waals surface area contributed by atoms with Gasteiger partial charge in [-0.1, -0.05) is 22.9 Å². The van der Waals surface area contributed by atoms with Crippen molar-refractivity contribution in [2.24, 2.45) is 0 Å². The maximum atomic E-state index is 5.31. The zero-order chi connectivity index (χ0) is 15.1. The first-order chi connectivity index (χ1) is 9.54. The van der Waals surface area contributed by atoms with Gasteiger partial charge in [-0.2, -0.15) is 0 Å². The van der Waals surface area contributed by atoms with Crippen LogP contribution in [0.5, 0.6) is 0 Å². The molecular weight excluding hydrogens is 316 g/mol. The Morgan fingerprint density at radius 2 is 2.00 bits per heavy atom. The molecule has 1 aromatic carbocycles. The molecule has 0 fully saturated rings. The summed E-state index contributed by atoms with van der Waals surface area (Å²) in [4.78, 5) is 2.40. The van der Waals surface area contributed by atoms with E-state index in [0.717, 1.165) is 24.2 Å². The van der Waals surface area contributed by atoms with Crippen molar-refractivity contribution in [2.75, 3.05) is 31.7 Å². The maximum Gasteiger partial charge on any atom is 0.0663 e. The summed E-state index contributed by atoms with van der Waals surface area (Å²) in [6.45, 7) is 11.4. The number of hydrogen-bond donors (Lipinski definition) is 1. The Bertz CT molecular complexity index is 411. The van der Waals surface area contributed by atoms with Crippen LogP contribution in [0, 0.1) is 0 Å². The molecule has 4 heteroatoms. The summed E-state index contributed by atoms with van der Waals surface area (Å²) >= 11 is 3.58. The van der Waals surface area contributed by atoms with E-state index in [1.807, 2.05) is 0 Å². The molecule has 114 valence electrons. The van der Waals surface area contributed by atoms with Crippen LogP contribution in [0.1, 0.15) is 39.3 Å². The van der Waals surface area contributed by atoms with Crippen LogP contribution in [-0.2, 0) is 4.74 Å². The number of nitrogens with one attached hydrogen (secondary N) is 1. The Kier molecular flexibility index (Phi) is 7.56. The van der Waals surface area contributed by atoms with Crippen LogP contribution in [0.15, 0.2) is 22.7 Å². The predicted molar refractivity (Wildman–Crippen MR) is 90.6 cm³/mol. The Labute approximate surface area is 131 Å². The van der Waals surface area contributed by atoms with E-state index in [1.165, 1.54) is 11.3 Å². The van der Waals surface area contributed by atoms with Gasteiger partial charge in [0.15, 0.2) is 0 Å². The minimum absolute atomic E-state index is 0.330. The summed E-state index contributed by atoms with van der Waals surface area (Å²) < 4.78 is 6.43. The molecule has 1 aromatic rings. The topological polar surface area (TPSA) is 24.5 Å². The number of nitrogens with zero attached hydrogens (tertiary/aromatic N) is 1. The molecule has 1 rings (SSSR count). The van der Waals surface area contributed by atoms with Crippen molar-refractivity contribution in [3.8, 4) is 0 Å². The number of likely N-dealkylation sites (N-methyl/N-ethyl adjacent to an activating group) is 1. The van der Waals surface area contributed by atoms with Crippen molar-refractivity contribution in [1.29, 1.82) is 0 Å². The van der Waals surface area contributed by atoms with Gasteiger partial charge in [-0.25, -0.2) is 0 Å². The van der Waals surface area contributed by atoms with Crippen molar-refractivity contribution < 1.29 is 4.74 Å². The van der Waals surface area contributed by atoms with Crippen LogP contribution in [-0.4, -0.2) is 32.8 Å². The summed E-state index contributed by atoms with van der Waals surface area (Å²) in [7, 11) is 1.76. The highest BCUT2D eigenvalue weighted by Crippen LogP contribution is 2.30. The highest BCUT2D eigenvalue weighted by Gasteiger charge is 2.19. The minimum Gasteiger partial charge on any atom is -0.383 e. The van der Waals surface area contributed by atoms with Gasteiger partial charge in [0.1, 0.15) is 0 Å². The number of methoxy groups -OCH3 is 1. The Morgan fingerprint density at radius 3 is 2.55 bits per heavy atom. The van der Waals surface area contributed by atoms with Gasteiger partial charge in [0.25, 0.3) is 0 Å². The van der Waals surface area contributed by atoms with Gasteiger partial charge < -0.3 is 15.0 Å². The monoisotopic (exact) mass is 342 g/mol. The van der Waals surface area contributed by atoms with Crippen LogP contribution in [0.4, 0.5) is 5.69 Å². The van der Waals surface area contributed by atoms with Crippen LogP contribution in [0.2, 0.25) is 0 Å². The molecule has 1 N–H and O–H groups in total. The van der Waals surface area contributed by atoms with Crippen molar-refractivity contribution in [2.45, 2.75) is 39.8 Å². The molecular formula is C16H27BrN2O. The number of rotatable bonds is 8. The first-order valence-electron chi connectivity index (χ1n) is 7.33. The van der Waals surface area contributed by atoms with Gasteiger partial charge in [0.05, 0.1) is 6.61 Å². The Hall–Kier alpha value is -0.580. The van der Waals surface area contributed by atoms with E-state index in [0.29, 0.717) is 12.1 Å². The minimum atomic E-state index is 0.330. The molecule has 0 heterocycles. The van der Waals surface area contributed by atoms with Gasteiger partial charge in [-0.3, -0.25) is 0 Å². The van der Waals surface area contributed by atoms with Crippen LogP contribution in [0.25, 0.3) is 0 Å². The third-order valence-electron chi connectivity index (χ3n) is 3.56. The second-order valence-electron chi connectivity index (χ2n) is 5.07. The fraction of sp³-hybridized carbons (Fsp3) is 0.625. The first kappa shape index (κ1) is 17.5. The molecule has 0 aliphatic rings. The largest absolute Gasteiger partial charge is 0.383 e. The van der Waals surface area contributed by atoms with Crippen LogP contribution in [0.3, 0.4) is 0 Å². The zero-order valence-electron chi connectivity index (χ0n) is 13.2. The molecule has 2 atom stereocenters. The summed E-state index contributed by atoms with van der Waals surface area (Å²) in [5.41, 5.74) is 2.61. The smallest absolute Gasteiger partial charge is 0.0663 e. The van der Waals surface area contributed by atoms with Gasteiger partial charge in [-0.15, -0.1) is 0 Å². The first-order valence-corrected chi connectivity index (χ1v) is 8.12. The molecule has 0 aliphatic carbocycles. The SMILES string of the molecule is CCNC(C)c1cc(Br)ccc1N(CC)C(C)COC. The highest BCUT2D eigenvalue weighted by molar-refractivity contribution is 9.10. The van der Waals surface area contributed by atoms with E-state index in [9.17, 15) is 0 Å². The summed E-state index contributed by atoms with van der Waals surface area (Å²) in [5.74, 6) is 0. The number of anilines is 1. The second kappa shape index (κ2) is 8.65. The molecule has 0 radical (unpaired) electrons. The Morgan fingerprint density at radius 1 is 1.30 bits per heavy atom. The molecule has 0 saturated carbocycles. The van der Waals surface area contributed by atoms with E-state index in [1.54, 1.807) is 7.11 Å². The molecule has 0 spiro atoms.